The summed E-state index contributed by atoms with van der Waals surface area (Å²) in [5, 5.41) is 0. The van der Waals surface area contributed by atoms with Crippen molar-refractivity contribution in [2.75, 3.05) is 0 Å². The molecule has 0 radical (unpaired) electrons. The second-order valence-electron chi connectivity index (χ2n) is 4.81. The van der Waals surface area contributed by atoms with Gasteiger partial charge in [0.25, 0.3) is 0 Å². The third kappa shape index (κ3) is 2.80. The first-order valence-corrected chi connectivity index (χ1v) is 5.74. The maximum absolute atomic E-state index is 2.45. The molecule has 1 saturated carbocycles. The van der Waals surface area contributed by atoms with Crippen molar-refractivity contribution in [2.24, 2.45) is 17.8 Å². The van der Waals surface area contributed by atoms with Crippen molar-refractivity contribution < 1.29 is 0 Å². The molecule has 0 aromatic carbocycles. The molecule has 1 aliphatic carbocycles. The van der Waals surface area contributed by atoms with Crippen LogP contribution in [0.4, 0.5) is 0 Å². The summed E-state index contributed by atoms with van der Waals surface area (Å²) in [6, 6.07) is 0. The van der Waals surface area contributed by atoms with Crippen LogP contribution < -0.4 is 0 Å². The van der Waals surface area contributed by atoms with Crippen molar-refractivity contribution in [1.29, 1.82) is 0 Å². The Hall–Kier alpha value is 0. The first-order valence-electron chi connectivity index (χ1n) is 5.74. The molecule has 0 N–H and O–H groups in total. The van der Waals surface area contributed by atoms with E-state index in [-0.39, 0.29) is 0 Å². The molecule has 1 atom stereocenters. The molecule has 1 unspecified atom stereocenters. The molecule has 1 aliphatic rings. The lowest BCUT2D eigenvalue weighted by molar-refractivity contribution is 0.138. The predicted octanol–water partition coefficient (Wildman–Crippen LogP) is 4.25. The third-order valence-corrected chi connectivity index (χ3v) is 3.48. The fourth-order valence-corrected chi connectivity index (χ4v) is 2.38. The van der Waals surface area contributed by atoms with E-state index in [4.69, 9.17) is 0 Å². The molecular weight excluding hydrogens is 144 g/mol. The highest BCUT2D eigenvalue weighted by Crippen LogP contribution is 2.40. The van der Waals surface area contributed by atoms with Crippen LogP contribution in [-0.2, 0) is 0 Å². The molecule has 0 nitrogen and oxygen atoms in total. The molecule has 0 aliphatic heterocycles. The second kappa shape index (κ2) is 4.89. The average molecular weight is 168 g/mol. The smallest absolute Gasteiger partial charge is 0.0383 e. The van der Waals surface area contributed by atoms with Crippen LogP contribution in [0.1, 0.15) is 59.3 Å². The van der Waals surface area contributed by atoms with Crippen molar-refractivity contribution in [2.45, 2.75) is 59.3 Å². The monoisotopic (exact) mass is 168 g/mol. The SMILES string of the molecule is CCCCCC(C)C1CC(C)C1. The van der Waals surface area contributed by atoms with Crippen LogP contribution in [0.15, 0.2) is 0 Å². The highest BCUT2D eigenvalue weighted by molar-refractivity contribution is 4.79. The summed E-state index contributed by atoms with van der Waals surface area (Å²) in [4.78, 5) is 0. The van der Waals surface area contributed by atoms with E-state index in [1.54, 1.807) is 0 Å². The van der Waals surface area contributed by atoms with E-state index < -0.39 is 0 Å². The van der Waals surface area contributed by atoms with Crippen molar-refractivity contribution in [1.82, 2.24) is 0 Å². The minimum Gasteiger partial charge on any atom is -0.0654 e. The van der Waals surface area contributed by atoms with E-state index in [2.05, 4.69) is 20.8 Å². The Morgan fingerprint density at radius 2 is 1.92 bits per heavy atom. The lowest BCUT2D eigenvalue weighted by atomic mass is 9.69. The van der Waals surface area contributed by atoms with Gasteiger partial charge in [-0.1, -0.05) is 46.5 Å². The van der Waals surface area contributed by atoms with Gasteiger partial charge in [-0.2, -0.15) is 0 Å². The van der Waals surface area contributed by atoms with E-state index in [1.165, 1.54) is 38.5 Å². The Kier molecular flexibility index (Phi) is 4.11. The maximum Gasteiger partial charge on any atom is -0.0383 e. The number of hydrogen-bond acceptors (Lipinski definition) is 0. The average Bonchev–Trinajstić information content (AvgIpc) is 1.99. The van der Waals surface area contributed by atoms with Crippen LogP contribution in [0.25, 0.3) is 0 Å². The van der Waals surface area contributed by atoms with Gasteiger partial charge < -0.3 is 0 Å². The molecule has 0 bridgehead atoms. The molecular formula is C12H24. The van der Waals surface area contributed by atoms with Crippen LogP contribution in [-0.4, -0.2) is 0 Å². The molecule has 0 heteroatoms. The minimum atomic E-state index is 1.01. The number of rotatable bonds is 5. The van der Waals surface area contributed by atoms with Gasteiger partial charge in [-0.25, -0.2) is 0 Å². The van der Waals surface area contributed by atoms with Crippen LogP contribution >= 0.6 is 0 Å². The van der Waals surface area contributed by atoms with Gasteiger partial charge in [0.2, 0.25) is 0 Å². The molecule has 0 aromatic heterocycles. The zero-order chi connectivity index (χ0) is 8.97. The molecule has 0 spiro atoms. The standard InChI is InChI=1S/C12H24/c1-4-5-6-7-11(3)12-8-10(2)9-12/h10-12H,4-9H2,1-3H3. The summed E-state index contributed by atoms with van der Waals surface area (Å²) in [7, 11) is 0. The first-order chi connectivity index (χ1) is 5.74. The van der Waals surface area contributed by atoms with Crippen LogP contribution in [0, 0.1) is 17.8 Å². The quantitative estimate of drug-likeness (QED) is 0.538. The Morgan fingerprint density at radius 3 is 2.42 bits per heavy atom. The van der Waals surface area contributed by atoms with E-state index in [1.807, 2.05) is 0 Å². The predicted molar refractivity (Wildman–Crippen MR) is 55.2 cm³/mol. The zero-order valence-corrected chi connectivity index (χ0v) is 8.97. The molecule has 0 aromatic rings. The fraction of sp³-hybridized carbons (Fsp3) is 1.00. The highest BCUT2D eigenvalue weighted by atomic mass is 14.3. The van der Waals surface area contributed by atoms with E-state index in [0.717, 1.165) is 17.8 Å². The zero-order valence-electron chi connectivity index (χ0n) is 8.97. The first kappa shape index (κ1) is 10.1. The molecule has 0 amide bonds. The van der Waals surface area contributed by atoms with Crippen LogP contribution in [0.3, 0.4) is 0 Å². The van der Waals surface area contributed by atoms with Gasteiger partial charge in [-0.15, -0.1) is 0 Å². The third-order valence-electron chi connectivity index (χ3n) is 3.48. The van der Waals surface area contributed by atoms with Crippen LogP contribution in [0.2, 0.25) is 0 Å². The minimum absolute atomic E-state index is 1.01. The largest absolute Gasteiger partial charge is 0.0654 e. The van der Waals surface area contributed by atoms with Gasteiger partial charge in [-0.05, 0) is 30.6 Å². The topological polar surface area (TPSA) is 0 Å². The summed E-state index contributed by atoms with van der Waals surface area (Å²) in [6.07, 6.45) is 8.76. The Labute approximate surface area is 77.7 Å². The second-order valence-corrected chi connectivity index (χ2v) is 4.81. The van der Waals surface area contributed by atoms with E-state index >= 15 is 0 Å². The van der Waals surface area contributed by atoms with Gasteiger partial charge in [0.05, 0.1) is 0 Å². The summed E-state index contributed by atoms with van der Waals surface area (Å²) in [5.41, 5.74) is 0. The summed E-state index contributed by atoms with van der Waals surface area (Å²) in [5.74, 6) is 3.12. The van der Waals surface area contributed by atoms with Crippen molar-refractivity contribution in [3.8, 4) is 0 Å². The van der Waals surface area contributed by atoms with Gasteiger partial charge in [0, 0.05) is 0 Å². The highest BCUT2D eigenvalue weighted by Gasteiger charge is 2.29. The summed E-state index contributed by atoms with van der Waals surface area (Å²) < 4.78 is 0. The number of hydrogen-bond donors (Lipinski definition) is 0. The normalized spacial score (nSPS) is 31.2. The molecule has 1 rings (SSSR count). The molecule has 72 valence electrons. The van der Waals surface area contributed by atoms with Crippen molar-refractivity contribution in [3.63, 3.8) is 0 Å². The fourth-order valence-electron chi connectivity index (χ4n) is 2.38. The van der Waals surface area contributed by atoms with Gasteiger partial charge in [0.1, 0.15) is 0 Å². The van der Waals surface area contributed by atoms with Gasteiger partial charge >= 0.3 is 0 Å². The van der Waals surface area contributed by atoms with Gasteiger partial charge in [0.15, 0.2) is 0 Å². The lowest BCUT2D eigenvalue weighted by Gasteiger charge is -2.37. The van der Waals surface area contributed by atoms with Crippen LogP contribution in [0.5, 0.6) is 0 Å². The van der Waals surface area contributed by atoms with Crippen molar-refractivity contribution in [3.05, 3.63) is 0 Å². The molecule has 0 saturated heterocycles. The number of unbranched alkanes of at least 4 members (excludes halogenated alkanes) is 2. The van der Waals surface area contributed by atoms with E-state index in [0.29, 0.717) is 0 Å². The Morgan fingerprint density at radius 1 is 1.25 bits per heavy atom. The Bertz CT molecular complexity index is 111. The summed E-state index contributed by atoms with van der Waals surface area (Å²) >= 11 is 0. The van der Waals surface area contributed by atoms with Crippen molar-refractivity contribution >= 4 is 0 Å². The molecule has 12 heavy (non-hydrogen) atoms. The Balaban J connectivity index is 2.00. The summed E-state index contributed by atoms with van der Waals surface area (Å²) in [6.45, 7) is 7.12. The van der Waals surface area contributed by atoms with Gasteiger partial charge in [-0.3, -0.25) is 0 Å². The maximum atomic E-state index is 2.45. The molecule has 0 heterocycles. The lowest BCUT2D eigenvalue weighted by Crippen LogP contribution is -2.26. The molecule has 1 fully saturated rings. The van der Waals surface area contributed by atoms with E-state index in [9.17, 15) is 0 Å².